The maximum atomic E-state index is 5.36. The quantitative estimate of drug-likeness (QED) is 0.885. The highest BCUT2D eigenvalue weighted by Gasteiger charge is 2.17. The van der Waals surface area contributed by atoms with E-state index < -0.39 is 0 Å². The molecule has 0 bridgehead atoms. The van der Waals surface area contributed by atoms with Gasteiger partial charge in [0.25, 0.3) is 0 Å². The number of nitrogens with one attached hydrogen (secondary N) is 1. The summed E-state index contributed by atoms with van der Waals surface area (Å²) < 4.78 is 16.1. The lowest BCUT2D eigenvalue weighted by atomic mass is 9.95. The van der Waals surface area contributed by atoms with Crippen LogP contribution in [0.1, 0.15) is 32.1 Å². The zero-order valence-electron chi connectivity index (χ0n) is 12.0. The zero-order valence-corrected chi connectivity index (χ0v) is 12.0. The molecule has 1 N–H and O–H groups in total. The van der Waals surface area contributed by atoms with Crippen LogP contribution >= 0.6 is 0 Å². The van der Waals surface area contributed by atoms with Crippen LogP contribution in [-0.2, 0) is 0 Å². The van der Waals surface area contributed by atoms with Crippen LogP contribution in [0.2, 0.25) is 0 Å². The number of anilines is 1. The third-order valence-electron chi connectivity index (χ3n) is 3.64. The molecule has 0 saturated heterocycles. The first-order valence-electron chi connectivity index (χ1n) is 6.85. The fourth-order valence-corrected chi connectivity index (χ4v) is 2.65. The summed E-state index contributed by atoms with van der Waals surface area (Å²) in [6.07, 6.45) is 6.44. The summed E-state index contributed by atoms with van der Waals surface area (Å²) in [5.74, 6) is 2.03. The van der Waals surface area contributed by atoms with Crippen LogP contribution in [0.15, 0.2) is 12.1 Å². The van der Waals surface area contributed by atoms with Crippen LogP contribution in [0, 0.1) is 0 Å². The molecule has 106 valence electrons. The molecule has 4 heteroatoms. The minimum absolute atomic E-state index is 0.552. The zero-order chi connectivity index (χ0) is 13.7. The fraction of sp³-hybridized carbons (Fsp3) is 0.600. The second-order valence-corrected chi connectivity index (χ2v) is 4.89. The summed E-state index contributed by atoms with van der Waals surface area (Å²) in [5, 5.41) is 3.57. The highest BCUT2D eigenvalue weighted by atomic mass is 16.5. The first-order chi connectivity index (χ1) is 9.28. The largest absolute Gasteiger partial charge is 0.493 e. The van der Waals surface area contributed by atoms with E-state index >= 15 is 0 Å². The van der Waals surface area contributed by atoms with Gasteiger partial charge in [0.1, 0.15) is 0 Å². The highest BCUT2D eigenvalue weighted by molar-refractivity contribution is 5.62. The lowest BCUT2D eigenvalue weighted by molar-refractivity contribution is 0.324. The lowest BCUT2D eigenvalue weighted by Crippen LogP contribution is -2.22. The van der Waals surface area contributed by atoms with Crippen molar-refractivity contribution in [2.24, 2.45) is 0 Å². The predicted octanol–water partition coefficient (Wildman–Crippen LogP) is 3.46. The van der Waals surface area contributed by atoms with E-state index in [1.165, 1.54) is 32.1 Å². The van der Waals surface area contributed by atoms with E-state index in [2.05, 4.69) is 5.32 Å². The van der Waals surface area contributed by atoms with Gasteiger partial charge in [0, 0.05) is 23.9 Å². The molecule has 0 aromatic heterocycles. The van der Waals surface area contributed by atoms with Crippen molar-refractivity contribution < 1.29 is 14.2 Å². The van der Waals surface area contributed by atoms with Crippen molar-refractivity contribution in [2.45, 2.75) is 38.1 Å². The fourth-order valence-electron chi connectivity index (χ4n) is 2.65. The Bertz CT molecular complexity index is 389. The van der Waals surface area contributed by atoms with E-state index in [1.807, 2.05) is 12.1 Å². The van der Waals surface area contributed by atoms with Gasteiger partial charge in [0.15, 0.2) is 11.5 Å². The Morgan fingerprint density at radius 1 is 0.895 bits per heavy atom. The predicted molar refractivity (Wildman–Crippen MR) is 76.6 cm³/mol. The average Bonchev–Trinajstić information content (AvgIpc) is 2.47. The Labute approximate surface area is 115 Å². The molecule has 1 aliphatic carbocycles. The van der Waals surface area contributed by atoms with Gasteiger partial charge in [-0.15, -0.1) is 0 Å². The van der Waals surface area contributed by atoms with Gasteiger partial charge >= 0.3 is 0 Å². The van der Waals surface area contributed by atoms with Crippen LogP contribution < -0.4 is 19.5 Å². The minimum atomic E-state index is 0.552. The molecule has 0 atom stereocenters. The van der Waals surface area contributed by atoms with Crippen LogP contribution in [0.4, 0.5) is 5.69 Å². The maximum absolute atomic E-state index is 5.36. The molecule has 0 unspecified atom stereocenters. The number of hydrogen-bond acceptors (Lipinski definition) is 4. The smallest absolute Gasteiger partial charge is 0.203 e. The van der Waals surface area contributed by atoms with E-state index in [4.69, 9.17) is 14.2 Å². The van der Waals surface area contributed by atoms with E-state index in [9.17, 15) is 0 Å². The maximum Gasteiger partial charge on any atom is 0.203 e. The van der Waals surface area contributed by atoms with Crippen molar-refractivity contribution in [1.82, 2.24) is 0 Å². The van der Waals surface area contributed by atoms with Gasteiger partial charge in [-0.05, 0) is 12.8 Å². The minimum Gasteiger partial charge on any atom is -0.493 e. The van der Waals surface area contributed by atoms with E-state index in [-0.39, 0.29) is 0 Å². The second-order valence-electron chi connectivity index (χ2n) is 4.89. The van der Waals surface area contributed by atoms with Crippen LogP contribution in [0.3, 0.4) is 0 Å². The third kappa shape index (κ3) is 3.25. The molecule has 1 fully saturated rings. The Hall–Kier alpha value is -1.58. The van der Waals surface area contributed by atoms with Crippen molar-refractivity contribution in [1.29, 1.82) is 0 Å². The first-order valence-corrected chi connectivity index (χ1v) is 6.85. The monoisotopic (exact) mass is 265 g/mol. The Kier molecular flexibility index (Phi) is 4.77. The van der Waals surface area contributed by atoms with Crippen LogP contribution in [0.25, 0.3) is 0 Å². The Morgan fingerprint density at radius 2 is 1.47 bits per heavy atom. The molecule has 1 aromatic carbocycles. The summed E-state index contributed by atoms with van der Waals surface area (Å²) in [6.45, 7) is 0. The van der Waals surface area contributed by atoms with Gasteiger partial charge in [-0.1, -0.05) is 19.3 Å². The molecule has 0 heterocycles. The van der Waals surface area contributed by atoms with E-state index in [0.29, 0.717) is 23.3 Å². The highest BCUT2D eigenvalue weighted by Crippen LogP contribution is 2.40. The van der Waals surface area contributed by atoms with Crippen LogP contribution in [0.5, 0.6) is 17.2 Å². The van der Waals surface area contributed by atoms with Gasteiger partial charge in [0.2, 0.25) is 5.75 Å². The van der Waals surface area contributed by atoms with Crippen molar-refractivity contribution in [2.75, 3.05) is 26.6 Å². The number of ether oxygens (including phenoxy) is 3. The van der Waals surface area contributed by atoms with E-state index in [0.717, 1.165) is 5.69 Å². The molecule has 0 amide bonds. The van der Waals surface area contributed by atoms with Crippen molar-refractivity contribution in [3.05, 3.63) is 12.1 Å². The van der Waals surface area contributed by atoms with Crippen LogP contribution in [-0.4, -0.2) is 27.4 Å². The van der Waals surface area contributed by atoms with Gasteiger partial charge in [-0.25, -0.2) is 0 Å². The molecule has 1 saturated carbocycles. The van der Waals surface area contributed by atoms with Gasteiger partial charge < -0.3 is 19.5 Å². The van der Waals surface area contributed by atoms with Crippen molar-refractivity contribution >= 4 is 5.69 Å². The molecule has 0 spiro atoms. The summed E-state index contributed by atoms with van der Waals surface area (Å²) in [5.41, 5.74) is 1.03. The molecular weight excluding hydrogens is 242 g/mol. The normalized spacial score (nSPS) is 15.9. The molecule has 0 radical (unpaired) electrons. The lowest BCUT2D eigenvalue weighted by Gasteiger charge is -2.24. The number of hydrogen-bond donors (Lipinski definition) is 1. The first kappa shape index (κ1) is 13.8. The summed E-state index contributed by atoms with van der Waals surface area (Å²) in [6, 6.07) is 4.49. The molecule has 4 nitrogen and oxygen atoms in total. The van der Waals surface area contributed by atoms with Gasteiger partial charge in [-0.3, -0.25) is 0 Å². The van der Waals surface area contributed by atoms with E-state index in [1.54, 1.807) is 21.3 Å². The second kappa shape index (κ2) is 6.55. The Morgan fingerprint density at radius 3 is 1.95 bits per heavy atom. The summed E-state index contributed by atoms with van der Waals surface area (Å²) in [4.78, 5) is 0. The molecule has 1 aliphatic rings. The Balaban J connectivity index is 2.20. The molecule has 1 aromatic rings. The topological polar surface area (TPSA) is 39.7 Å². The number of benzene rings is 1. The molecule has 2 rings (SSSR count). The SMILES string of the molecule is COc1cc(NC2CCCCC2)cc(OC)c1OC. The molecule has 0 aliphatic heterocycles. The summed E-state index contributed by atoms with van der Waals surface area (Å²) in [7, 11) is 4.90. The van der Waals surface area contributed by atoms with Gasteiger partial charge in [0.05, 0.1) is 21.3 Å². The third-order valence-corrected chi connectivity index (χ3v) is 3.64. The number of methoxy groups -OCH3 is 3. The molecule has 19 heavy (non-hydrogen) atoms. The summed E-state index contributed by atoms with van der Waals surface area (Å²) >= 11 is 0. The van der Waals surface area contributed by atoms with Crippen molar-refractivity contribution in [3.8, 4) is 17.2 Å². The standard InChI is InChI=1S/C15H23NO3/c1-17-13-9-12(10-14(18-2)15(13)19-3)16-11-7-5-4-6-8-11/h9-11,16H,4-8H2,1-3H3. The average molecular weight is 265 g/mol. The molecular formula is C15H23NO3. The van der Waals surface area contributed by atoms with Gasteiger partial charge in [-0.2, -0.15) is 0 Å². The number of rotatable bonds is 5. The van der Waals surface area contributed by atoms with Crippen molar-refractivity contribution in [3.63, 3.8) is 0 Å².